The van der Waals surface area contributed by atoms with Gasteiger partial charge in [-0.1, -0.05) is 42.4 Å². The van der Waals surface area contributed by atoms with E-state index in [0.29, 0.717) is 39.4 Å². The molecule has 0 bridgehead atoms. The van der Waals surface area contributed by atoms with Crippen molar-refractivity contribution in [1.29, 1.82) is 0 Å². The number of hydrogen-bond donors (Lipinski definition) is 1. The number of halogens is 2. The lowest BCUT2D eigenvalue weighted by Crippen LogP contribution is -2.29. The van der Waals surface area contributed by atoms with Crippen molar-refractivity contribution in [2.45, 2.75) is 31.7 Å². The van der Waals surface area contributed by atoms with Crippen molar-refractivity contribution in [1.82, 2.24) is 14.8 Å². The van der Waals surface area contributed by atoms with Crippen LogP contribution in [0.5, 0.6) is 11.5 Å². The van der Waals surface area contributed by atoms with Gasteiger partial charge in [-0.05, 0) is 42.5 Å². The van der Waals surface area contributed by atoms with Crippen LogP contribution in [-0.2, 0) is 16.1 Å². The molecule has 0 amide bonds. The molecule has 1 unspecified atom stereocenters. The topological polar surface area (TPSA) is 87.5 Å². The third-order valence-corrected chi connectivity index (χ3v) is 6.52. The van der Waals surface area contributed by atoms with Crippen LogP contribution in [0.25, 0.3) is 0 Å². The molecule has 0 aliphatic carbocycles. The van der Waals surface area contributed by atoms with E-state index in [0.717, 1.165) is 5.75 Å². The Hall–Kier alpha value is -3.24. The summed E-state index contributed by atoms with van der Waals surface area (Å²) >= 11 is 7.61. The van der Waals surface area contributed by atoms with Crippen LogP contribution in [0.15, 0.2) is 52.8 Å². The highest BCUT2D eigenvalue weighted by Gasteiger charge is 2.35. The number of aromatic nitrogens is 3. The maximum absolute atomic E-state index is 14.2. The van der Waals surface area contributed by atoms with E-state index < -0.39 is 17.8 Å². The van der Waals surface area contributed by atoms with Gasteiger partial charge in [0.2, 0.25) is 11.1 Å². The van der Waals surface area contributed by atoms with E-state index in [4.69, 9.17) is 25.8 Å². The first-order chi connectivity index (χ1) is 16.9. The SMILES string of the molecule is CCSc1nc2n(n1)C(c1ccc(OCc3c(F)cccc3Cl)c(OC)c1)C(C(=O)OC)=C(C)N2. The van der Waals surface area contributed by atoms with Gasteiger partial charge in [-0.2, -0.15) is 4.98 Å². The summed E-state index contributed by atoms with van der Waals surface area (Å²) in [5, 5.41) is 8.62. The van der Waals surface area contributed by atoms with Crippen LogP contribution in [0.4, 0.5) is 10.3 Å². The predicted molar refractivity (Wildman–Crippen MR) is 132 cm³/mol. The zero-order chi connectivity index (χ0) is 25.1. The van der Waals surface area contributed by atoms with Crippen LogP contribution in [0.3, 0.4) is 0 Å². The quantitative estimate of drug-likeness (QED) is 0.320. The summed E-state index contributed by atoms with van der Waals surface area (Å²) in [6.07, 6.45) is 0. The lowest BCUT2D eigenvalue weighted by atomic mass is 9.95. The molecule has 3 aromatic rings. The Morgan fingerprint density at radius 3 is 2.74 bits per heavy atom. The fourth-order valence-corrected chi connectivity index (χ4v) is 4.57. The lowest BCUT2D eigenvalue weighted by molar-refractivity contribution is -0.136. The van der Waals surface area contributed by atoms with Gasteiger partial charge in [0.15, 0.2) is 11.5 Å². The average molecular weight is 519 g/mol. The number of fused-ring (bicyclic) bond motifs is 1. The highest BCUT2D eigenvalue weighted by molar-refractivity contribution is 7.99. The molecule has 0 radical (unpaired) electrons. The summed E-state index contributed by atoms with van der Waals surface area (Å²) < 4.78 is 32.3. The first kappa shape index (κ1) is 24.9. The number of rotatable bonds is 8. The minimum atomic E-state index is -0.610. The van der Waals surface area contributed by atoms with Gasteiger partial charge in [-0.25, -0.2) is 13.9 Å². The Bertz CT molecular complexity index is 1280. The van der Waals surface area contributed by atoms with E-state index in [1.54, 1.807) is 35.9 Å². The number of ether oxygens (including phenoxy) is 3. The molecule has 0 saturated heterocycles. The van der Waals surface area contributed by atoms with Gasteiger partial charge in [-0.15, -0.1) is 5.10 Å². The van der Waals surface area contributed by atoms with Crippen molar-refractivity contribution < 1.29 is 23.4 Å². The maximum Gasteiger partial charge on any atom is 0.338 e. The van der Waals surface area contributed by atoms with Crippen LogP contribution in [0.1, 0.15) is 31.0 Å². The average Bonchev–Trinajstić information content (AvgIpc) is 3.24. The number of carbonyl (C=O) groups is 1. The molecular formula is C24H24ClFN4O4S. The smallest absolute Gasteiger partial charge is 0.338 e. The molecular weight excluding hydrogens is 495 g/mol. The molecule has 1 atom stereocenters. The predicted octanol–water partition coefficient (Wildman–Crippen LogP) is 5.23. The second-order valence-electron chi connectivity index (χ2n) is 7.55. The number of anilines is 1. The Morgan fingerprint density at radius 2 is 2.06 bits per heavy atom. The standard InChI is InChI=1S/C24H24ClFN4O4S/c1-5-35-24-28-23-27-13(2)20(22(31)33-4)21(30(23)29-24)14-9-10-18(19(11-14)32-3)34-12-15-16(25)7-6-8-17(15)26/h6-11,21H,5,12H2,1-4H3,(H,27,28,29). The van der Waals surface area contributed by atoms with E-state index >= 15 is 0 Å². The highest BCUT2D eigenvalue weighted by Crippen LogP contribution is 2.40. The van der Waals surface area contributed by atoms with E-state index in [1.807, 2.05) is 6.92 Å². The molecule has 8 nitrogen and oxygen atoms in total. The third-order valence-electron chi connectivity index (χ3n) is 5.45. The van der Waals surface area contributed by atoms with Gasteiger partial charge in [0, 0.05) is 11.3 Å². The van der Waals surface area contributed by atoms with Crippen molar-refractivity contribution >= 4 is 35.3 Å². The van der Waals surface area contributed by atoms with Gasteiger partial charge in [0.05, 0.1) is 24.8 Å². The van der Waals surface area contributed by atoms with Gasteiger partial charge in [0.1, 0.15) is 18.5 Å². The summed E-state index contributed by atoms with van der Waals surface area (Å²) in [6.45, 7) is 3.72. The second kappa shape index (κ2) is 10.6. The number of allylic oxidation sites excluding steroid dienone is 1. The molecule has 2 aromatic carbocycles. The number of nitrogens with one attached hydrogen (secondary N) is 1. The number of esters is 1. The first-order valence-corrected chi connectivity index (χ1v) is 12.1. The van der Waals surface area contributed by atoms with Crippen molar-refractivity contribution in [2.75, 3.05) is 25.3 Å². The number of thioether (sulfide) groups is 1. The van der Waals surface area contributed by atoms with E-state index in [2.05, 4.69) is 15.4 Å². The fraction of sp³-hybridized carbons (Fsp3) is 0.292. The molecule has 0 spiro atoms. The van der Waals surface area contributed by atoms with Crippen molar-refractivity contribution in [3.8, 4) is 11.5 Å². The zero-order valence-corrected chi connectivity index (χ0v) is 21.2. The molecule has 1 aliphatic rings. The van der Waals surface area contributed by atoms with Crippen LogP contribution < -0.4 is 14.8 Å². The van der Waals surface area contributed by atoms with Crippen LogP contribution in [0.2, 0.25) is 5.02 Å². The van der Waals surface area contributed by atoms with Gasteiger partial charge < -0.3 is 19.5 Å². The van der Waals surface area contributed by atoms with Crippen LogP contribution in [0, 0.1) is 5.82 Å². The van der Waals surface area contributed by atoms with E-state index in [1.165, 1.54) is 38.1 Å². The number of benzene rings is 2. The Labute approximate surface area is 211 Å². The molecule has 35 heavy (non-hydrogen) atoms. The second-order valence-corrected chi connectivity index (χ2v) is 9.19. The number of methoxy groups -OCH3 is 2. The van der Waals surface area contributed by atoms with Crippen LogP contribution in [-0.4, -0.2) is 40.7 Å². The molecule has 11 heteroatoms. The fourth-order valence-electron chi connectivity index (χ4n) is 3.80. The molecule has 184 valence electrons. The van der Waals surface area contributed by atoms with Crippen LogP contribution >= 0.6 is 23.4 Å². The molecule has 0 saturated carbocycles. The minimum Gasteiger partial charge on any atom is -0.493 e. The van der Waals surface area contributed by atoms with Crippen molar-refractivity contribution in [2.24, 2.45) is 0 Å². The maximum atomic E-state index is 14.2. The molecule has 1 aromatic heterocycles. The number of hydrogen-bond acceptors (Lipinski definition) is 8. The summed E-state index contributed by atoms with van der Waals surface area (Å²) in [5.41, 5.74) is 1.96. The van der Waals surface area contributed by atoms with E-state index in [-0.39, 0.29) is 17.2 Å². The van der Waals surface area contributed by atoms with Gasteiger partial charge in [-0.3, -0.25) is 0 Å². The monoisotopic (exact) mass is 518 g/mol. The van der Waals surface area contributed by atoms with Gasteiger partial charge >= 0.3 is 5.97 Å². The highest BCUT2D eigenvalue weighted by atomic mass is 35.5. The minimum absolute atomic E-state index is 0.0776. The molecule has 0 fully saturated rings. The third kappa shape index (κ3) is 4.94. The normalized spacial score (nSPS) is 14.9. The molecule has 2 heterocycles. The summed E-state index contributed by atoms with van der Waals surface area (Å²) in [6, 6.07) is 9.10. The Kier molecular flexibility index (Phi) is 7.51. The molecule has 1 N–H and O–H groups in total. The Morgan fingerprint density at radius 1 is 1.26 bits per heavy atom. The number of nitrogens with zero attached hydrogens (tertiary/aromatic N) is 3. The summed E-state index contributed by atoms with van der Waals surface area (Å²) in [7, 11) is 2.84. The summed E-state index contributed by atoms with van der Waals surface area (Å²) in [5.74, 6) is 1.18. The number of carbonyl (C=O) groups excluding carboxylic acids is 1. The van der Waals surface area contributed by atoms with E-state index in [9.17, 15) is 9.18 Å². The first-order valence-electron chi connectivity index (χ1n) is 10.8. The Balaban J connectivity index is 1.72. The largest absolute Gasteiger partial charge is 0.493 e. The zero-order valence-electron chi connectivity index (χ0n) is 19.6. The molecule has 4 rings (SSSR count). The van der Waals surface area contributed by atoms with Gasteiger partial charge in [0.25, 0.3) is 0 Å². The lowest BCUT2D eigenvalue weighted by Gasteiger charge is -2.28. The van der Waals surface area contributed by atoms with Crippen molar-refractivity contribution in [3.63, 3.8) is 0 Å². The summed E-state index contributed by atoms with van der Waals surface area (Å²) in [4.78, 5) is 17.3. The molecule has 1 aliphatic heterocycles. The van der Waals surface area contributed by atoms with Crippen molar-refractivity contribution in [3.05, 3.63) is 69.6 Å².